The summed E-state index contributed by atoms with van der Waals surface area (Å²) >= 11 is 0. The molecule has 3 N–H and O–H groups in total. The van der Waals surface area contributed by atoms with Crippen molar-refractivity contribution in [3.05, 3.63) is 36.0 Å². The molecule has 23 heavy (non-hydrogen) atoms. The molecule has 1 fully saturated rings. The first-order valence-corrected chi connectivity index (χ1v) is 8.75. The molecule has 1 aliphatic rings. The molecule has 0 unspecified atom stereocenters. The Morgan fingerprint density at radius 3 is 2.35 bits per heavy atom. The molecule has 0 aliphatic carbocycles. The van der Waals surface area contributed by atoms with Gasteiger partial charge in [-0.2, -0.15) is 5.26 Å². The van der Waals surface area contributed by atoms with E-state index >= 15 is 0 Å². The lowest BCUT2D eigenvalue weighted by atomic mass is 10.1. The van der Waals surface area contributed by atoms with Crippen molar-refractivity contribution in [3.8, 4) is 6.07 Å². The smallest absolute Gasteiger partial charge is 0.266 e. The topological polar surface area (TPSA) is 116 Å². The molecule has 1 saturated heterocycles. The maximum atomic E-state index is 12.2. The molecule has 1 amide bonds. The number of anilines is 1. The van der Waals surface area contributed by atoms with Crippen LogP contribution in [-0.2, 0) is 14.8 Å². The first-order chi connectivity index (χ1) is 10.9. The number of nitrogens with two attached hydrogens (primary N) is 1. The van der Waals surface area contributed by atoms with Gasteiger partial charge < -0.3 is 10.2 Å². The van der Waals surface area contributed by atoms with Crippen molar-refractivity contribution >= 4 is 21.6 Å². The van der Waals surface area contributed by atoms with Crippen LogP contribution in [0.5, 0.6) is 0 Å². The van der Waals surface area contributed by atoms with E-state index < -0.39 is 10.0 Å². The number of nitriles is 1. The van der Waals surface area contributed by atoms with Gasteiger partial charge in [0.05, 0.1) is 4.90 Å². The summed E-state index contributed by atoms with van der Waals surface area (Å²) in [6, 6.07) is 7.62. The summed E-state index contributed by atoms with van der Waals surface area (Å²) in [5, 5.41) is 17.0. The Morgan fingerprint density at radius 2 is 1.83 bits per heavy atom. The second kappa shape index (κ2) is 7.26. The predicted molar refractivity (Wildman–Crippen MR) is 85.6 cm³/mol. The Labute approximate surface area is 135 Å². The van der Waals surface area contributed by atoms with Crippen molar-refractivity contribution in [1.29, 1.82) is 5.26 Å². The summed E-state index contributed by atoms with van der Waals surface area (Å²) < 4.78 is 22.3. The van der Waals surface area contributed by atoms with Gasteiger partial charge in [0.1, 0.15) is 11.6 Å². The Kier molecular flexibility index (Phi) is 5.36. The van der Waals surface area contributed by atoms with Crippen molar-refractivity contribution in [2.75, 3.05) is 18.4 Å². The van der Waals surface area contributed by atoms with E-state index in [1.54, 1.807) is 4.90 Å². The molecule has 7 nitrogen and oxygen atoms in total. The number of likely N-dealkylation sites (tertiary alicyclic amines) is 1. The number of hydrogen-bond donors (Lipinski definition) is 2. The summed E-state index contributed by atoms with van der Waals surface area (Å²) in [5.41, 5.74) is 0.569. The molecular formula is C15H18N4O3S. The fourth-order valence-corrected chi connectivity index (χ4v) is 2.82. The number of nitrogens with zero attached hydrogens (tertiary/aromatic N) is 2. The number of sulfonamides is 1. The number of primary sulfonamides is 1. The monoisotopic (exact) mass is 334 g/mol. The Bertz CT molecular complexity index is 742. The molecule has 0 aromatic heterocycles. The fourth-order valence-electron chi connectivity index (χ4n) is 2.31. The summed E-state index contributed by atoms with van der Waals surface area (Å²) in [7, 11) is -3.74. The van der Waals surface area contributed by atoms with Gasteiger partial charge in [-0.05, 0) is 43.5 Å². The third-order valence-electron chi connectivity index (χ3n) is 3.56. The van der Waals surface area contributed by atoms with Crippen LogP contribution >= 0.6 is 0 Å². The fraction of sp³-hybridized carbons (Fsp3) is 0.333. The Hall–Kier alpha value is -2.37. The minimum Gasteiger partial charge on any atom is -0.360 e. The summed E-state index contributed by atoms with van der Waals surface area (Å²) in [6.45, 7) is 1.34. The van der Waals surface area contributed by atoms with E-state index in [0.29, 0.717) is 18.8 Å². The van der Waals surface area contributed by atoms with Crippen LogP contribution in [-0.4, -0.2) is 32.3 Å². The number of hydrogen-bond acceptors (Lipinski definition) is 5. The molecule has 122 valence electrons. The van der Waals surface area contributed by atoms with E-state index in [9.17, 15) is 13.2 Å². The number of rotatable bonds is 4. The van der Waals surface area contributed by atoms with Crippen LogP contribution in [0.4, 0.5) is 5.69 Å². The highest BCUT2D eigenvalue weighted by Gasteiger charge is 2.20. The number of carbonyl (C=O) groups is 1. The van der Waals surface area contributed by atoms with Crippen LogP contribution in [0.2, 0.25) is 0 Å². The molecule has 0 spiro atoms. The van der Waals surface area contributed by atoms with Crippen molar-refractivity contribution in [2.45, 2.75) is 24.2 Å². The second-order valence-electron chi connectivity index (χ2n) is 5.24. The van der Waals surface area contributed by atoms with E-state index in [1.165, 1.54) is 30.5 Å². The molecule has 0 atom stereocenters. The van der Waals surface area contributed by atoms with Gasteiger partial charge in [-0.25, -0.2) is 13.6 Å². The van der Waals surface area contributed by atoms with E-state index in [2.05, 4.69) is 5.32 Å². The van der Waals surface area contributed by atoms with E-state index in [0.717, 1.165) is 19.3 Å². The lowest BCUT2D eigenvalue weighted by molar-refractivity contribution is -0.127. The maximum absolute atomic E-state index is 12.2. The predicted octanol–water partition coefficient (Wildman–Crippen LogP) is 1.17. The van der Waals surface area contributed by atoms with Crippen molar-refractivity contribution in [2.24, 2.45) is 5.14 Å². The third kappa shape index (κ3) is 4.55. The number of carbonyl (C=O) groups excluding carboxylic acids is 1. The van der Waals surface area contributed by atoms with Gasteiger partial charge in [0.25, 0.3) is 5.91 Å². The molecule has 0 bridgehead atoms. The molecule has 8 heteroatoms. The largest absolute Gasteiger partial charge is 0.360 e. The van der Waals surface area contributed by atoms with Crippen LogP contribution in [0.25, 0.3) is 0 Å². The number of piperidine rings is 1. The Balaban J connectivity index is 2.07. The second-order valence-corrected chi connectivity index (χ2v) is 6.80. The highest BCUT2D eigenvalue weighted by atomic mass is 32.2. The first-order valence-electron chi connectivity index (χ1n) is 7.21. The van der Waals surface area contributed by atoms with Crippen LogP contribution in [0, 0.1) is 11.3 Å². The summed E-state index contributed by atoms with van der Waals surface area (Å²) in [6.07, 6.45) is 4.34. The standard InChI is InChI=1S/C15H18N4O3S/c16-10-12(15(20)19-8-2-1-3-9-19)11-18-13-4-6-14(7-5-13)23(17,21)22/h4-7,11,18H,1-3,8-9H2,(H2,17,21,22)/b12-11-. The quantitative estimate of drug-likeness (QED) is 0.633. The highest BCUT2D eigenvalue weighted by molar-refractivity contribution is 7.89. The molecular weight excluding hydrogens is 316 g/mol. The third-order valence-corrected chi connectivity index (χ3v) is 4.49. The summed E-state index contributed by atoms with van der Waals surface area (Å²) in [4.78, 5) is 13.9. The SMILES string of the molecule is N#C/C(=C/Nc1ccc(S(N)(=O)=O)cc1)C(=O)N1CCCCC1. The van der Waals surface area contributed by atoms with Crippen LogP contribution in [0.3, 0.4) is 0 Å². The molecule has 0 saturated carbocycles. The summed E-state index contributed by atoms with van der Waals surface area (Å²) in [5.74, 6) is -0.291. The van der Waals surface area contributed by atoms with Gasteiger partial charge in [-0.1, -0.05) is 0 Å². The van der Waals surface area contributed by atoms with Crippen LogP contribution < -0.4 is 10.5 Å². The number of amides is 1. The average molecular weight is 334 g/mol. The zero-order chi connectivity index (χ0) is 16.9. The average Bonchev–Trinajstić information content (AvgIpc) is 2.55. The zero-order valence-corrected chi connectivity index (χ0v) is 13.3. The van der Waals surface area contributed by atoms with Crippen molar-refractivity contribution in [3.63, 3.8) is 0 Å². The lowest BCUT2D eigenvalue weighted by Gasteiger charge is -2.26. The van der Waals surface area contributed by atoms with Gasteiger partial charge in [0.15, 0.2) is 0 Å². The molecule has 1 aromatic rings. The van der Waals surface area contributed by atoms with Gasteiger partial charge >= 0.3 is 0 Å². The minimum absolute atomic E-state index is 0.00284. The molecule has 1 heterocycles. The minimum atomic E-state index is -3.74. The lowest BCUT2D eigenvalue weighted by Crippen LogP contribution is -2.36. The van der Waals surface area contributed by atoms with Gasteiger partial charge in [0, 0.05) is 25.0 Å². The van der Waals surface area contributed by atoms with Crippen LogP contribution in [0.1, 0.15) is 19.3 Å². The number of benzene rings is 1. The van der Waals surface area contributed by atoms with Crippen molar-refractivity contribution in [1.82, 2.24) is 4.90 Å². The van der Waals surface area contributed by atoms with E-state index in [1.807, 2.05) is 6.07 Å². The van der Waals surface area contributed by atoms with Gasteiger partial charge in [-0.15, -0.1) is 0 Å². The first kappa shape index (κ1) is 17.0. The normalized spacial score (nSPS) is 15.8. The van der Waals surface area contributed by atoms with Crippen LogP contribution in [0.15, 0.2) is 40.9 Å². The molecule has 0 radical (unpaired) electrons. The van der Waals surface area contributed by atoms with Gasteiger partial charge in [0.2, 0.25) is 10.0 Å². The highest BCUT2D eigenvalue weighted by Crippen LogP contribution is 2.15. The van der Waals surface area contributed by atoms with E-state index in [4.69, 9.17) is 10.4 Å². The van der Waals surface area contributed by atoms with Crippen molar-refractivity contribution < 1.29 is 13.2 Å². The molecule has 1 aliphatic heterocycles. The Morgan fingerprint density at radius 1 is 1.22 bits per heavy atom. The zero-order valence-electron chi connectivity index (χ0n) is 12.5. The molecule has 2 rings (SSSR count). The number of nitrogens with one attached hydrogen (secondary N) is 1. The maximum Gasteiger partial charge on any atom is 0.266 e. The van der Waals surface area contributed by atoms with Gasteiger partial charge in [-0.3, -0.25) is 4.79 Å². The molecule has 1 aromatic carbocycles. The van der Waals surface area contributed by atoms with E-state index in [-0.39, 0.29) is 16.4 Å².